The molecule has 0 radical (unpaired) electrons. The second-order valence-corrected chi connectivity index (χ2v) is 8.06. The van der Waals surface area contributed by atoms with E-state index in [9.17, 15) is 14.7 Å². The Morgan fingerprint density at radius 1 is 1.03 bits per heavy atom. The number of rotatable bonds is 4. The minimum atomic E-state index is -1.13. The van der Waals surface area contributed by atoms with Crippen LogP contribution in [0.3, 0.4) is 0 Å². The summed E-state index contributed by atoms with van der Waals surface area (Å²) in [5, 5.41) is 11.6. The van der Waals surface area contributed by atoms with Crippen LogP contribution < -0.4 is 4.90 Å². The summed E-state index contributed by atoms with van der Waals surface area (Å²) in [4.78, 5) is 32.0. The lowest BCUT2D eigenvalue weighted by molar-refractivity contribution is 0.0529. The number of methoxy groups -OCH3 is 2. The number of aliphatic hydroxyl groups is 1. The number of anilines is 2. The van der Waals surface area contributed by atoms with Crippen molar-refractivity contribution in [2.75, 3.05) is 19.1 Å². The average Bonchev–Trinajstić information content (AvgIpc) is 3.50. The van der Waals surface area contributed by atoms with Gasteiger partial charge in [-0.15, -0.1) is 0 Å². The molecule has 1 aromatic carbocycles. The predicted octanol–water partition coefficient (Wildman–Crippen LogP) is 4.74. The molecule has 2 atom stereocenters. The third-order valence-corrected chi connectivity index (χ3v) is 6.02. The Hall–Kier alpha value is -4.37. The molecule has 5 rings (SSSR count). The third kappa shape index (κ3) is 3.57. The number of esters is 2. The largest absolute Gasteiger partial charge is 0.471 e. The fourth-order valence-electron chi connectivity index (χ4n) is 4.37. The van der Waals surface area contributed by atoms with Gasteiger partial charge in [0.2, 0.25) is 5.76 Å². The lowest BCUT2D eigenvalue weighted by Gasteiger charge is -2.34. The molecule has 0 spiro atoms. The number of ether oxygens (including phenoxy) is 2. The molecule has 9 heteroatoms. The quantitative estimate of drug-likeness (QED) is 0.419. The molecule has 4 aromatic rings. The van der Waals surface area contributed by atoms with Gasteiger partial charge in [-0.25, -0.2) is 9.59 Å². The molecule has 1 aliphatic heterocycles. The first-order valence-corrected chi connectivity index (χ1v) is 10.8. The molecule has 3 aromatic heterocycles. The maximum atomic E-state index is 13.1. The van der Waals surface area contributed by atoms with E-state index in [2.05, 4.69) is 4.98 Å². The average molecular weight is 474 g/mol. The smallest absolute Gasteiger partial charge is 0.374 e. The summed E-state index contributed by atoms with van der Waals surface area (Å²) in [5.74, 6) is -1.80. The summed E-state index contributed by atoms with van der Waals surface area (Å²) < 4.78 is 21.3. The first-order valence-electron chi connectivity index (χ1n) is 10.8. The van der Waals surface area contributed by atoms with E-state index in [1.165, 1.54) is 26.7 Å². The van der Waals surface area contributed by atoms with E-state index < -0.39 is 24.1 Å². The van der Waals surface area contributed by atoms with Crippen molar-refractivity contribution in [3.63, 3.8) is 0 Å². The van der Waals surface area contributed by atoms with E-state index in [0.717, 1.165) is 5.56 Å². The number of nitrogens with zero attached hydrogens (tertiary/aromatic N) is 2. The third-order valence-electron chi connectivity index (χ3n) is 6.02. The molecule has 0 unspecified atom stereocenters. The van der Waals surface area contributed by atoms with Gasteiger partial charge in [0.15, 0.2) is 5.76 Å². The van der Waals surface area contributed by atoms with Crippen molar-refractivity contribution in [2.45, 2.75) is 19.1 Å². The second kappa shape index (κ2) is 8.77. The topological polar surface area (TPSA) is 115 Å². The van der Waals surface area contributed by atoms with Crippen LogP contribution >= 0.6 is 0 Å². The van der Waals surface area contributed by atoms with Crippen LogP contribution in [0.25, 0.3) is 11.3 Å². The first-order chi connectivity index (χ1) is 17.0. The molecule has 0 fully saturated rings. The van der Waals surface area contributed by atoms with E-state index in [4.69, 9.17) is 18.3 Å². The van der Waals surface area contributed by atoms with E-state index in [1.54, 1.807) is 29.3 Å². The van der Waals surface area contributed by atoms with Gasteiger partial charge < -0.3 is 28.3 Å². The van der Waals surface area contributed by atoms with Gasteiger partial charge in [-0.05, 0) is 31.2 Å². The van der Waals surface area contributed by atoms with Crippen LogP contribution in [0, 0.1) is 6.92 Å². The van der Waals surface area contributed by atoms with Gasteiger partial charge in [0.1, 0.15) is 29.7 Å². The molecule has 0 saturated carbocycles. The standard InChI is InChI=1S/C26H22N2O7/c1-14-7-9-15(10-8-14)28-20(18-6-4-5-11-27-18)22(29)16-12-34-13-17(16)23-21(28)19(25(30)32-2)24(35-23)26(31)33-3/h4-13,20,22,29H,1-3H3/t20-,22-/m1/s1. The fraction of sp³-hybridized carbons (Fsp3) is 0.192. The summed E-state index contributed by atoms with van der Waals surface area (Å²) in [6.45, 7) is 1.95. The van der Waals surface area contributed by atoms with Gasteiger partial charge in [0.05, 0.1) is 31.7 Å². The number of aliphatic hydroxyl groups excluding tert-OH is 1. The zero-order chi connectivity index (χ0) is 24.7. The lowest BCUT2D eigenvalue weighted by atomic mass is 9.98. The molecule has 0 amide bonds. The van der Waals surface area contributed by atoms with E-state index in [-0.39, 0.29) is 22.8 Å². The maximum Gasteiger partial charge on any atom is 0.374 e. The highest BCUT2D eigenvalue weighted by Gasteiger charge is 2.45. The Morgan fingerprint density at radius 2 is 1.77 bits per heavy atom. The summed E-state index contributed by atoms with van der Waals surface area (Å²) in [6.07, 6.45) is 3.30. The van der Waals surface area contributed by atoms with E-state index in [0.29, 0.717) is 22.5 Å². The number of benzene rings is 1. The Bertz CT molecular complexity index is 1390. The predicted molar refractivity (Wildman–Crippen MR) is 124 cm³/mol. The summed E-state index contributed by atoms with van der Waals surface area (Å²) >= 11 is 0. The highest BCUT2D eigenvalue weighted by molar-refractivity contribution is 6.09. The van der Waals surface area contributed by atoms with Crippen molar-refractivity contribution >= 4 is 23.3 Å². The molecule has 0 aliphatic carbocycles. The Kier molecular flexibility index (Phi) is 5.62. The molecule has 0 bridgehead atoms. The van der Waals surface area contributed by atoms with Gasteiger partial charge in [-0.3, -0.25) is 4.98 Å². The molecular formula is C26H22N2O7. The van der Waals surface area contributed by atoms with E-state index >= 15 is 0 Å². The number of aromatic nitrogens is 1. The van der Waals surface area contributed by atoms with Crippen LogP contribution in [0.5, 0.6) is 0 Å². The van der Waals surface area contributed by atoms with Crippen LogP contribution in [0.1, 0.15) is 49.9 Å². The van der Waals surface area contributed by atoms with Crippen molar-refractivity contribution in [1.82, 2.24) is 4.98 Å². The molecule has 35 heavy (non-hydrogen) atoms. The molecule has 9 nitrogen and oxygen atoms in total. The van der Waals surface area contributed by atoms with Gasteiger partial charge >= 0.3 is 11.9 Å². The lowest BCUT2D eigenvalue weighted by Crippen LogP contribution is -2.30. The van der Waals surface area contributed by atoms with Gasteiger partial charge in [0, 0.05) is 17.4 Å². The van der Waals surface area contributed by atoms with Crippen molar-refractivity contribution in [2.24, 2.45) is 0 Å². The summed E-state index contributed by atoms with van der Waals surface area (Å²) in [5.41, 5.74) is 3.09. The van der Waals surface area contributed by atoms with Crippen LogP contribution in [-0.2, 0) is 9.47 Å². The fourth-order valence-corrected chi connectivity index (χ4v) is 4.37. The summed E-state index contributed by atoms with van der Waals surface area (Å²) in [7, 11) is 2.41. The van der Waals surface area contributed by atoms with Crippen LogP contribution in [-0.4, -0.2) is 36.2 Å². The minimum absolute atomic E-state index is 0.128. The van der Waals surface area contributed by atoms with Gasteiger partial charge in [-0.2, -0.15) is 0 Å². The number of hydrogen-bond donors (Lipinski definition) is 1. The Balaban J connectivity index is 1.91. The molecule has 4 heterocycles. The number of carbonyl (C=O) groups excluding carboxylic acids is 2. The maximum absolute atomic E-state index is 13.1. The number of furan rings is 2. The number of aryl methyl sites for hydroxylation is 1. The van der Waals surface area contributed by atoms with Crippen LogP contribution in [0.15, 0.2) is 70.0 Å². The summed E-state index contributed by atoms with van der Waals surface area (Å²) in [6, 6.07) is 12.1. The first kappa shape index (κ1) is 22.4. The molecular weight excluding hydrogens is 452 g/mol. The van der Waals surface area contributed by atoms with Crippen molar-refractivity contribution in [3.05, 3.63) is 89.3 Å². The Labute approximate surface area is 200 Å². The van der Waals surface area contributed by atoms with Crippen molar-refractivity contribution < 1.29 is 33.0 Å². The number of pyridine rings is 1. The number of fused-ring (bicyclic) bond motifs is 3. The highest BCUT2D eigenvalue weighted by atomic mass is 16.5. The molecule has 0 saturated heterocycles. The zero-order valence-electron chi connectivity index (χ0n) is 19.2. The van der Waals surface area contributed by atoms with Crippen LogP contribution in [0.2, 0.25) is 0 Å². The van der Waals surface area contributed by atoms with Gasteiger partial charge in [-0.1, -0.05) is 23.8 Å². The molecule has 178 valence electrons. The second-order valence-electron chi connectivity index (χ2n) is 8.06. The minimum Gasteiger partial charge on any atom is -0.471 e. The van der Waals surface area contributed by atoms with Crippen molar-refractivity contribution in [3.8, 4) is 11.3 Å². The molecule has 1 aliphatic rings. The van der Waals surface area contributed by atoms with Crippen LogP contribution in [0.4, 0.5) is 11.4 Å². The zero-order valence-corrected chi connectivity index (χ0v) is 19.2. The van der Waals surface area contributed by atoms with E-state index in [1.807, 2.05) is 31.2 Å². The molecule has 1 N–H and O–H groups in total. The SMILES string of the molecule is COC(=O)c1oc2c(c1C(=O)OC)N(c1ccc(C)cc1)[C@H](c1ccccn1)[C@H](O)c1cocc1-2. The van der Waals surface area contributed by atoms with Crippen molar-refractivity contribution in [1.29, 1.82) is 0 Å². The van der Waals surface area contributed by atoms with Gasteiger partial charge in [0.25, 0.3) is 0 Å². The Morgan fingerprint density at radius 3 is 2.43 bits per heavy atom. The monoisotopic (exact) mass is 474 g/mol. The normalized spacial score (nSPS) is 16.7. The number of carbonyl (C=O) groups is 2. The highest BCUT2D eigenvalue weighted by Crippen LogP contribution is 2.54. The number of hydrogen-bond acceptors (Lipinski definition) is 9.